The zero-order chi connectivity index (χ0) is 16.7. The molecule has 1 aliphatic heterocycles. The predicted molar refractivity (Wildman–Crippen MR) is 67.4 cm³/mol. The summed E-state index contributed by atoms with van der Waals surface area (Å²) in [6, 6.07) is -2.82. The number of halogens is 5. The van der Waals surface area contributed by atoms with Crippen LogP contribution in [0.15, 0.2) is 0 Å². The Balaban J connectivity index is 2.78. The highest BCUT2D eigenvalue weighted by Crippen LogP contribution is 2.38. The molecule has 1 fully saturated rings. The number of nitrogens with two attached hydrogens (primary N) is 1. The van der Waals surface area contributed by atoms with Gasteiger partial charge in [-0.1, -0.05) is 13.8 Å². The Labute approximate surface area is 120 Å². The standard InChI is InChI=1S/C11H19F5N2O2S/c1-9(2)3-5-18(6-4-9)21(19,20)7-8(17)10(12,13)11(14,15)16/h8H,3-7,17H2,1-2H3. The van der Waals surface area contributed by atoms with Crippen LogP contribution in [0.25, 0.3) is 0 Å². The maximum absolute atomic E-state index is 13.0. The number of piperidine rings is 1. The number of nitrogens with zero attached hydrogens (tertiary/aromatic N) is 1. The molecule has 0 radical (unpaired) electrons. The third-order valence-electron chi connectivity index (χ3n) is 3.70. The topological polar surface area (TPSA) is 63.4 Å². The summed E-state index contributed by atoms with van der Waals surface area (Å²) in [4.78, 5) is 0. The fraction of sp³-hybridized carbons (Fsp3) is 1.00. The van der Waals surface area contributed by atoms with E-state index in [1.54, 1.807) is 0 Å². The van der Waals surface area contributed by atoms with Crippen LogP contribution in [-0.2, 0) is 10.0 Å². The summed E-state index contributed by atoms with van der Waals surface area (Å²) in [7, 11) is -4.25. The summed E-state index contributed by atoms with van der Waals surface area (Å²) in [6.07, 6.45) is -4.85. The van der Waals surface area contributed by atoms with Gasteiger partial charge in [-0.15, -0.1) is 0 Å². The van der Waals surface area contributed by atoms with E-state index >= 15 is 0 Å². The first-order chi connectivity index (χ1) is 9.19. The van der Waals surface area contributed by atoms with Crippen LogP contribution >= 0.6 is 0 Å². The van der Waals surface area contributed by atoms with E-state index in [1.165, 1.54) is 0 Å². The molecule has 1 saturated heterocycles. The van der Waals surface area contributed by atoms with E-state index in [2.05, 4.69) is 0 Å². The van der Waals surface area contributed by atoms with Crippen molar-refractivity contribution in [1.82, 2.24) is 4.31 Å². The molecule has 0 aromatic rings. The number of hydrogen-bond donors (Lipinski definition) is 1. The molecule has 126 valence electrons. The van der Waals surface area contributed by atoms with E-state index < -0.39 is 33.9 Å². The minimum absolute atomic E-state index is 0.0793. The van der Waals surface area contributed by atoms with Crippen LogP contribution in [0.3, 0.4) is 0 Å². The van der Waals surface area contributed by atoms with Crippen LogP contribution in [-0.4, -0.2) is 49.7 Å². The molecule has 0 amide bonds. The van der Waals surface area contributed by atoms with Gasteiger partial charge in [0.05, 0.1) is 11.8 Å². The average molecular weight is 338 g/mol. The molecule has 1 aliphatic rings. The lowest BCUT2D eigenvalue weighted by molar-refractivity contribution is -0.287. The molecule has 0 spiro atoms. The highest BCUT2D eigenvalue weighted by molar-refractivity contribution is 7.89. The quantitative estimate of drug-likeness (QED) is 0.797. The first-order valence-electron chi connectivity index (χ1n) is 6.37. The van der Waals surface area contributed by atoms with Crippen LogP contribution in [0, 0.1) is 5.41 Å². The van der Waals surface area contributed by atoms with Gasteiger partial charge in [-0.2, -0.15) is 22.0 Å². The van der Waals surface area contributed by atoms with Crippen molar-refractivity contribution in [2.24, 2.45) is 11.1 Å². The summed E-state index contributed by atoms with van der Waals surface area (Å²) < 4.78 is 87.3. The largest absolute Gasteiger partial charge is 0.454 e. The first kappa shape index (κ1) is 18.6. The van der Waals surface area contributed by atoms with Crippen molar-refractivity contribution < 1.29 is 30.4 Å². The molecule has 0 bridgehead atoms. The molecule has 1 rings (SSSR count). The maximum Gasteiger partial charge on any atom is 0.454 e. The molecule has 0 aromatic heterocycles. The van der Waals surface area contributed by atoms with E-state index in [-0.39, 0.29) is 18.5 Å². The highest BCUT2D eigenvalue weighted by atomic mass is 32.2. The van der Waals surface area contributed by atoms with Gasteiger partial charge in [0.15, 0.2) is 0 Å². The van der Waals surface area contributed by atoms with Crippen molar-refractivity contribution in [3.8, 4) is 0 Å². The average Bonchev–Trinajstić information content (AvgIpc) is 2.25. The van der Waals surface area contributed by atoms with Gasteiger partial charge >= 0.3 is 12.1 Å². The SMILES string of the molecule is CC1(C)CCN(S(=O)(=O)CC(N)C(F)(F)C(F)(F)F)CC1. The van der Waals surface area contributed by atoms with E-state index in [0.29, 0.717) is 12.8 Å². The van der Waals surface area contributed by atoms with Gasteiger partial charge in [0.2, 0.25) is 10.0 Å². The van der Waals surface area contributed by atoms with E-state index in [1.807, 2.05) is 13.8 Å². The van der Waals surface area contributed by atoms with E-state index in [0.717, 1.165) is 4.31 Å². The Morgan fingerprint density at radius 1 is 1.14 bits per heavy atom. The zero-order valence-electron chi connectivity index (χ0n) is 11.8. The van der Waals surface area contributed by atoms with Crippen molar-refractivity contribution in [2.75, 3.05) is 18.8 Å². The second kappa shape index (κ2) is 5.62. The minimum atomic E-state index is -5.87. The van der Waals surface area contributed by atoms with Gasteiger partial charge in [-0.25, -0.2) is 12.7 Å². The third kappa shape index (κ3) is 4.26. The normalized spacial score (nSPS) is 23.0. The molecule has 21 heavy (non-hydrogen) atoms. The monoisotopic (exact) mass is 338 g/mol. The number of sulfonamides is 1. The molecule has 10 heteroatoms. The fourth-order valence-corrected chi connectivity index (χ4v) is 3.63. The van der Waals surface area contributed by atoms with Crippen molar-refractivity contribution in [3.63, 3.8) is 0 Å². The van der Waals surface area contributed by atoms with Crippen molar-refractivity contribution in [1.29, 1.82) is 0 Å². The van der Waals surface area contributed by atoms with Crippen LogP contribution in [0.1, 0.15) is 26.7 Å². The summed E-state index contributed by atoms with van der Waals surface area (Å²) in [6.45, 7) is 4.06. The smallest absolute Gasteiger partial charge is 0.321 e. The van der Waals surface area contributed by atoms with E-state index in [4.69, 9.17) is 5.73 Å². The molecule has 1 unspecified atom stereocenters. The van der Waals surface area contributed by atoms with Crippen LogP contribution in [0.5, 0.6) is 0 Å². The Bertz CT molecular complexity index is 465. The lowest BCUT2D eigenvalue weighted by atomic mass is 9.83. The summed E-state index contributed by atoms with van der Waals surface area (Å²) >= 11 is 0. The number of hydrogen-bond acceptors (Lipinski definition) is 3. The van der Waals surface area contributed by atoms with Gasteiger partial charge in [-0.3, -0.25) is 0 Å². The molecule has 4 nitrogen and oxygen atoms in total. The minimum Gasteiger partial charge on any atom is -0.321 e. The number of rotatable bonds is 4. The predicted octanol–water partition coefficient (Wildman–Crippen LogP) is 1.96. The van der Waals surface area contributed by atoms with Crippen LogP contribution < -0.4 is 5.73 Å². The second-order valence-electron chi connectivity index (χ2n) is 6.07. The summed E-state index contributed by atoms with van der Waals surface area (Å²) in [5, 5.41) is 0. The second-order valence-corrected chi connectivity index (χ2v) is 8.08. The lowest BCUT2D eigenvalue weighted by Crippen LogP contribution is -2.56. The lowest BCUT2D eigenvalue weighted by Gasteiger charge is -2.37. The zero-order valence-corrected chi connectivity index (χ0v) is 12.6. The van der Waals surface area contributed by atoms with Crippen LogP contribution in [0.4, 0.5) is 22.0 Å². The summed E-state index contributed by atoms with van der Waals surface area (Å²) in [5.74, 6) is -6.67. The van der Waals surface area contributed by atoms with E-state index in [9.17, 15) is 30.4 Å². The Hall–Kier alpha value is -0.480. The molecule has 1 atom stereocenters. The van der Waals surface area contributed by atoms with Gasteiger partial charge in [-0.05, 0) is 18.3 Å². The third-order valence-corrected chi connectivity index (χ3v) is 5.64. The van der Waals surface area contributed by atoms with Gasteiger partial charge in [0.1, 0.15) is 0 Å². The fourth-order valence-electron chi connectivity index (χ4n) is 2.02. The molecule has 1 heterocycles. The number of alkyl halides is 5. The molecule has 0 aliphatic carbocycles. The maximum atomic E-state index is 13.0. The highest BCUT2D eigenvalue weighted by Gasteiger charge is 2.62. The van der Waals surface area contributed by atoms with Gasteiger partial charge < -0.3 is 5.73 Å². The van der Waals surface area contributed by atoms with Crippen molar-refractivity contribution in [3.05, 3.63) is 0 Å². The molecule has 0 aromatic carbocycles. The molecular weight excluding hydrogens is 319 g/mol. The molecule has 2 N–H and O–H groups in total. The van der Waals surface area contributed by atoms with Crippen LogP contribution in [0.2, 0.25) is 0 Å². The Morgan fingerprint density at radius 2 is 1.57 bits per heavy atom. The Morgan fingerprint density at radius 3 is 1.95 bits per heavy atom. The Kier molecular flexibility index (Phi) is 4.97. The first-order valence-corrected chi connectivity index (χ1v) is 7.98. The van der Waals surface area contributed by atoms with Crippen molar-refractivity contribution in [2.45, 2.75) is 44.8 Å². The van der Waals surface area contributed by atoms with Crippen molar-refractivity contribution >= 4 is 10.0 Å². The molecular formula is C11H19F5N2O2S. The molecule has 0 saturated carbocycles. The van der Waals surface area contributed by atoms with Gasteiger partial charge in [0.25, 0.3) is 0 Å². The van der Waals surface area contributed by atoms with Gasteiger partial charge in [0, 0.05) is 13.1 Å². The summed E-state index contributed by atoms with van der Waals surface area (Å²) in [5.41, 5.74) is 4.73.